The van der Waals surface area contributed by atoms with E-state index in [1.54, 1.807) is 6.07 Å². The molecule has 6 nitrogen and oxygen atoms in total. The van der Waals surface area contributed by atoms with E-state index >= 15 is 0 Å². The molecule has 0 aliphatic carbocycles. The minimum atomic E-state index is -3.88. The second kappa shape index (κ2) is 7.84. The van der Waals surface area contributed by atoms with E-state index < -0.39 is 16.1 Å². The summed E-state index contributed by atoms with van der Waals surface area (Å²) in [6.07, 6.45) is 1.58. The average molecular weight is 402 g/mol. The number of nitrogens with zero attached hydrogens (tertiary/aromatic N) is 1. The van der Waals surface area contributed by atoms with Gasteiger partial charge in [-0.25, -0.2) is 22.9 Å². The summed E-state index contributed by atoms with van der Waals surface area (Å²) in [5.74, 6) is 0.245. The Bertz CT molecular complexity index is 867. The van der Waals surface area contributed by atoms with Crippen molar-refractivity contribution in [3.8, 4) is 0 Å². The highest BCUT2D eigenvalue weighted by molar-refractivity contribution is 7.92. The molecule has 0 spiro atoms. The van der Waals surface area contributed by atoms with Gasteiger partial charge in [-0.15, -0.1) is 22.7 Å². The lowest BCUT2D eigenvalue weighted by Gasteiger charge is -2.05. The molecule has 0 saturated heterocycles. The molecule has 0 aromatic carbocycles. The van der Waals surface area contributed by atoms with Crippen LogP contribution in [0.3, 0.4) is 0 Å². The number of thiophene rings is 1. The molecular weight excluding hydrogens is 378 g/mol. The van der Waals surface area contributed by atoms with Crippen molar-refractivity contribution in [1.29, 1.82) is 0 Å². The number of hydrogen-bond donors (Lipinski definition) is 2. The van der Waals surface area contributed by atoms with E-state index in [2.05, 4.69) is 15.0 Å². The summed E-state index contributed by atoms with van der Waals surface area (Å²) in [5, 5.41) is 2.94. The molecule has 0 saturated carbocycles. The van der Waals surface area contributed by atoms with E-state index in [4.69, 9.17) is 0 Å². The summed E-state index contributed by atoms with van der Waals surface area (Å²) in [4.78, 5) is 18.6. The summed E-state index contributed by atoms with van der Waals surface area (Å²) >= 11 is 2.56. The van der Waals surface area contributed by atoms with Crippen molar-refractivity contribution >= 4 is 43.9 Å². The Balaban J connectivity index is 2.13. The normalized spacial score (nSPS) is 11.8. The minimum absolute atomic E-state index is 0.147. The Morgan fingerprint density at radius 2 is 1.84 bits per heavy atom. The Kier molecular flexibility index (Phi) is 6.23. The second-order valence-electron chi connectivity index (χ2n) is 5.92. The highest BCUT2D eigenvalue weighted by Gasteiger charge is 2.22. The van der Waals surface area contributed by atoms with Gasteiger partial charge in [0.05, 0.1) is 5.69 Å². The summed E-state index contributed by atoms with van der Waals surface area (Å²) in [6, 6.07) is 0.796. The Labute approximate surface area is 156 Å². The van der Waals surface area contributed by atoms with Crippen molar-refractivity contribution in [3.05, 3.63) is 27.1 Å². The van der Waals surface area contributed by atoms with Gasteiger partial charge in [0.1, 0.15) is 4.21 Å². The molecule has 0 radical (unpaired) electrons. The Hall–Kier alpha value is -1.45. The number of rotatable bonds is 6. The predicted octanol–water partition coefficient (Wildman–Crippen LogP) is 4.27. The van der Waals surface area contributed by atoms with E-state index in [1.165, 1.54) is 22.7 Å². The first-order valence-electron chi connectivity index (χ1n) is 8.10. The topological polar surface area (TPSA) is 88.2 Å². The van der Waals surface area contributed by atoms with Crippen LogP contribution in [0.2, 0.25) is 0 Å². The number of anilines is 1. The zero-order chi connectivity index (χ0) is 18.8. The third kappa shape index (κ3) is 4.59. The van der Waals surface area contributed by atoms with E-state index in [0.29, 0.717) is 5.13 Å². The van der Waals surface area contributed by atoms with Gasteiger partial charge in [0.15, 0.2) is 5.13 Å². The number of sulfonamides is 1. The maximum atomic E-state index is 12.4. The molecule has 2 aromatic heterocycles. The van der Waals surface area contributed by atoms with Crippen LogP contribution in [0.5, 0.6) is 0 Å². The smallest absolute Gasteiger partial charge is 0.283 e. The SMILES string of the molecule is CCc1sc(S(=O)(=O)NC(=O)Nc2nc(C(C)C)c(CC)s2)cc1C. The Morgan fingerprint density at radius 3 is 2.32 bits per heavy atom. The van der Waals surface area contributed by atoms with Gasteiger partial charge in [-0.05, 0) is 37.3 Å². The third-order valence-corrected chi connectivity index (χ3v) is 7.94. The fourth-order valence-corrected chi connectivity index (χ4v) is 5.88. The van der Waals surface area contributed by atoms with Gasteiger partial charge >= 0.3 is 6.03 Å². The first-order valence-corrected chi connectivity index (χ1v) is 11.2. The maximum Gasteiger partial charge on any atom is 0.334 e. The fourth-order valence-electron chi connectivity index (χ4n) is 2.39. The molecule has 0 atom stereocenters. The standard InChI is InChI=1S/C16H23N3O3S3/c1-6-11-10(5)8-13(23-11)25(21,22)19-15(20)18-16-17-14(9(3)4)12(7-2)24-16/h8-9H,6-7H2,1-5H3,(H2,17,18,19,20). The average Bonchev–Trinajstić information content (AvgIpc) is 3.10. The number of urea groups is 1. The fraction of sp³-hybridized carbons (Fsp3) is 0.500. The number of aryl methyl sites for hydroxylation is 3. The van der Waals surface area contributed by atoms with E-state index in [-0.39, 0.29) is 10.1 Å². The van der Waals surface area contributed by atoms with Gasteiger partial charge in [0.25, 0.3) is 10.0 Å². The number of carbonyl (C=O) groups excluding carboxylic acids is 1. The van der Waals surface area contributed by atoms with Crippen molar-refractivity contribution in [1.82, 2.24) is 9.71 Å². The monoisotopic (exact) mass is 401 g/mol. The number of nitrogens with one attached hydrogen (secondary N) is 2. The van der Waals surface area contributed by atoms with Crippen LogP contribution >= 0.6 is 22.7 Å². The number of amides is 2. The van der Waals surface area contributed by atoms with Crippen LogP contribution in [0.25, 0.3) is 0 Å². The highest BCUT2D eigenvalue weighted by Crippen LogP contribution is 2.29. The molecule has 0 aliphatic heterocycles. The maximum absolute atomic E-state index is 12.4. The van der Waals surface area contributed by atoms with Crippen LogP contribution in [0.4, 0.5) is 9.93 Å². The molecule has 0 unspecified atom stereocenters. The zero-order valence-electron chi connectivity index (χ0n) is 15.0. The van der Waals surface area contributed by atoms with Gasteiger partial charge < -0.3 is 0 Å². The molecule has 0 fully saturated rings. The van der Waals surface area contributed by atoms with Crippen LogP contribution < -0.4 is 10.0 Å². The molecule has 25 heavy (non-hydrogen) atoms. The lowest BCUT2D eigenvalue weighted by Crippen LogP contribution is -2.33. The van der Waals surface area contributed by atoms with Crippen LogP contribution in [-0.2, 0) is 22.9 Å². The van der Waals surface area contributed by atoms with Crippen LogP contribution in [-0.4, -0.2) is 19.4 Å². The highest BCUT2D eigenvalue weighted by atomic mass is 32.2. The molecule has 0 aliphatic rings. The molecule has 2 aromatic rings. The summed E-state index contributed by atoms with van der Waals surface area (Å²) in [6.45, 7) is 9.93. The molecular formula is C16H23N3O3S3. The van der Waals surface area contributed by atoms with E-state index in [0.717, 1.165) is 33.9 Å². The van der Waals surface area contributed by atoms with Gasteiger partial charge in [-0.1, -0.05) is 27.7 Å². The van der Waals surface area contributed by atoms with Gasteiger partial charge in [-0.3, -0.25) is 5.32 Å². The summed E-state index contributed by atoms with van der Waals surface area (Å²) < 4.78 is 27.0. The predicted molar refractivity (Wildman–Crippen MR) is 103 cm³/mol. The Morgan fingerprint density at radius 1 is 1.20 bits per heavy atom. The number of thiazole rings is 1. The van der Waals surface area contributed by atoms with Gasteiger partial charge in [0, 0.05) is 9.75 Å². The molecule has 2 heterocycles. The lowest BCUT2D eigenvalue weighted by atomic mass is 10.1. The van der Waals surface area contributed by atoms with Crippen molar-refractivity contribution in [2.75, 3.05) is 5.32 Å². The van der Waals surface area contributed by atoms with Crippen molar-refractivity contribution < 1.29 is 13.2 Å². The van der Waals surface area contributed by atoms with Crippen molar-refractivity contribution in [2.45, 2.75) is 57.6 Å². The molecule has 0 bridgehead atoms. The van der Waals surface area contributed by atoms with Crippen molar-refractivity contribution in [2.24, 2.45) is 0 Å². The largest absolute Gasteiger partial charge is 0.334 e. The molecule has 2 rings (SSSR count). The number of aromatic nitrogens is 1. The third-order valence-electron chi connectivity index (χ3n) is 3.63. The quantitative estimate of drug-likeness (QED) is 0.756. The molecule has 2 N–H and O–H groups in total. The van der Waals surface area contributed by atoms with Gasteiger partial charge in [-0.2, -0.15) is 0 Å². The summed E-state index contributed by atoms with van der Waals surface area (Å²) in [7, 11) is -3.88. The number of hydrogen-bond acceptors (Lipinski definition) is 6. The minimum Gasteiger partial charge on any atom is -0.283 e. The van der Waals surface area contributed by atoms with Crippen LogP contribution in [0.1, 0.15) is 54.6 Å². The lowest BCUT2D eigenvalue weighted by molar-refractivity contribution is 0.256. The van der Waals surface area contributed by atoms with Gasteiger partial charge in [0.2, 0.25) is 0 Å². The number of carbonyl (C=O) groups is 1. The molecule has 9 heteroatoms. The van der Waals surface area contributed by atoms with Crippen LogP contribution in [0.15, 0.2) is 10.3 Å². The van der Waals surface area contributed by atoms with Crippen LogP contribution in [0, 0.1) is 6.92 Å². The molecule has 2 amide bonds. The first-order chi connectivity index (χ1) is 11.7. The second-order valence-corrected chi connectivity index (χ2v) is 10.1. The first kappa shape index (κ1) is 19.9. The van der Waals surface area contributed by atoms with E-state index in [9.17, 15) is 13.2 Å². The zero-order valence-corrected chi connectivity index (χ0v) is 17.4. The van der Waals surface area contributed by atoms with Crippen molar-refractivity contribution in [3.63, 3.8) is 0 Å². The van der Waals surface area contributed by atoms with E-state index in [1.807, 2.05) is 34.6 Å². The molecule has 138 valence electrons. The summed E-state index contributed by atoms with van der Waals surface area (Å²) in [5.41, 5.74) is 1.86.